The molecule has 82 valence electrons. The number of amides is 1. The molecule has 2 rings (SSSR count). The molecule has 0 radical (unpaired) electrons. The van der Waals surface area contributed by atoms with Gasteiger partial charge in [0.25, 0.3) is 5.91 Å². The van der Waals surface area contributed by atoms with Crippen LogP contribution in [0.2, 0.25) is 0 Å². The molecule has 5 heteroatoms. The van der Waals surface area contributed by atoms with Crippen molar-refractivity contribution >= 4 is 11.7 Å². The zero-order chi connectivity index (χ0) is 11.5. The number of aryl methyl sites for hydroxylation is 1. The Morgan fingerprint density at radius 1 is 1.44 bits per heavy atom. The van der Waals surface area contributed by atoms with Crippen molar-refractivity contribution in [2.45, 2.75) is 0 Å². The number of hydrogen-bond donors (Lipinski definition) is 1. The fourth-order valence-corrected chi connectivity index (χ4v) is 1.30. The van der Waals surface area contributed by atoms with Crippen molar-refractivity contribution in [3.8, 4) is 0 Å². The number of hydrogen-bond acceptors (Lipinski definition) is 2. The highest BCUT2D eigenvalue weighted by molar-refractivity contribution is 6.03. The van der Waals surface area contributed by atoms with Crippen molar-refractivity contribution in [3.63, 3.8) is 0 Å². The van der Waals surface area contributed by atoms with Crippen LogP contribution in [0.15, 0.2) is 36.5 Å². The topological polar surface area (TPSA) is 46.9 Å². The molecule has 0 aliphatic heterocycles. The molecule has 0 spiro atoms. The fraction of sp³-hybridized carbons (Fsp3) is 0.0909. The molecule has 1 heterocycles. The van der Waals surface area contributed by atoms with Crippen molar-refractivity contribution in [2.75, 3.05) is 5.32 Å². The quantitative estimate of drug-likeness (QED) is 0.837. The Bertz CT molecular complexity index is 521. The molecule has 0 atom stereocenters. The number of nitrogens with one attached hydrogen (secondary N) is 1. The minimum absolute atomic E-state index is 0.269. The Balaban J connectivity index is 2.14. The zero-order valence-corrected chi connectivity index (χ0v) is 8.64. The predicted octanol–water partition coefficient (Wildman–Crippen LogP) is 1.81. The van der Waals surface area contributed by atoms with Gasteiger partial charge >= 0.3 is 0 Å². The van der Waals surface area contributed by atoms with Gasteiger partial charge in [0.1, 0.15) is 5.82 Å². The molecular formula is C11H10FN3O. The Hall–Kier alpha value is -2.17. The van der Waals surface area contributed by atoms with E-state index in [1.54, 1.807) is 30.1 Å². The maximum Gasteiger partial charge on any atom is 0.256 e. The van der Waals surface area contributed by atoms with E-state index in [1.165, 1.54) is 18.2 Å². The van der Waals surface area contributed by atoms with Crippen LogP contribution in [-0.4, -0.2) is 15.7 Å². The van der Waals surface area contributed by atoms with E-state index in [-0.39, 0.29) is 11.5 Å². The van der Waals surface area contributed by atoms with Crippen molar-refractivity contribution in [1.29, 1.82) is 0 Å². The van der Waals surface area contributed by atoms with Gasteiger partial charge in [0, 0.05) is 24.9 Å². The summed E-state index contributed by atoms with van der Waals surface area (Å²) < 4.78 is 14.4. The molecule has 0 aliphatic rings. The van der Waals surface area contributed by atoms with E-state index in [0.29, 0.717) is 5.82 Å². The SMILES string of the molecule is Cn1ccc(NC(=O)c2cccc(F)c2)n1. The predicted molar refractivity (Wildman–Crippen MR) is 57.6 cm³/mol. The van der Waals surface area contributed by atoms with E-state index < -0.39 is 5.82 Å². The van der Waals surface area contributed by atoms with Crippen LogP contribution in [0.4, 0.5) is 10.2 Å². The summed E-state index contributed by atoms with van der Waals surface area (Å²) in [6, 6.07) is 7.16. The summed E-state index contributed by atoms with van der Waals surface area (Å²) in [5.74, 6) is -0.372. The summed E-state index contributed by atoms with van der Waals surface area (Å²) in [7, 11) is 1.75. The molecule has 0 saturated carbocycles. The van der Waals surface area contributed by atoms with Gasteiger partial charge in [0.15, 0.2) is 5.82 Å². The van der Waals surface area contributed by atoms with Crippen molar-refractivity contribution in [2.24, 2.45) is 7.05 Å². The van der Waals surface area contributed by atoms with Crippen LogP contribution in [0.5, 0.6) is 0 Å². The molecule has 16 heavy (non-hydrogen) atoms. The lowest BCUT2D eigenvalue weighted by Crippen LogP contribution is -2.12. The standard InChI is InChI=1S/C11H10FN3O/c1-15-6-5-10(14-15)13-11(16)8-3-2-4-9(12)7-8/h2-7H,1H3,(H,13,14,16). The molecule has 4 nitrogen and oxygen atoms in total. The van der Waals surface area contributed by atoms with E-state index in [2.05, 4.69) is 10.4 Å². The zero-order valence-electron chi connectivity index (χ0n) is 8.64. The summed E-state index contributed by atoms with van der Waals surface area (Å²) in [6.07, 6.45) is 1.71. The van der Waals surface area contributed by atoms with Crippen LogP contribution < -0.4 is 5.32 Å². The second kappa shape index (κ2) is 4.14. The number of halogens is 1. The number of rotatable bonds is 2. The molecule has 0 saturated heterocycles. The fourth-order valence-electron chi connectivity index (χ4n) is 1.30. The molecule has 1 N–H and O–H groups in total. The average molecular weight is 219 g/mol. The van der Waals surface area contributed by atoms with Crippen LogP contribution in [0.3, 0.4) is 0 Å². The second-order valence-electron chi connectivity index (χ2n) is 3.34. The summed E-state index contributed by atoms with van der Waals surface area (Å²) >= 11 is 0. The maximum absolute atomic E-state index is 12.9. The normalized spacial score (nSPS) is 10.1. The second-order valence-corrected chi connectivity index (χ2v) is 3.34. The lowest BCUT2D eigenvalue weighted by atomic mass is 10.2. The van der Waals surface area contributed by atoms with Gasteiger partial charge in [-0.05, 0) is 18.2 Å². The van der Waals surface area contributed by atoms with Gasteiger partial charge in [0.05, 0.1) is 0 Å². The maximum atomic E-state index is 12.9. The third-order valence-electron chi connectivity index (χ3n) is 2.04. The molecule has 0 fully saturated rings. The first kappa shape index (κ1) is 10.4. The molecular weight excluding hydrogens is 209 g/mol. The smallest absolute Gasteiger partial charge is 0.256 e. The van der Waals surface area contributed by atoms with Gasteiger partial charge in [-0.2, -0.15) is 5.10 Å². The van der Waals surface area contributed by atoms with Crippen LogP contribution in [0, 0.1) is 5.82 Å². The number of benzene rings is 1. The average Bonchev–Trinajstić information content (AvgIpc) is 2.64. The number of anilines is 1. The van der Waals surface area contributed by atoms with Gasteiger partial charge < -0.3 is 5.32 Å². The third kappa shape index (κ3) is 2.25. The molecule has 0 aliphatic carbocycles. The van der Waals surface area contributed by atoms with Crippen molar-refractivity contribution in [3.05, 3.63) is 47.9 Å². The minimum Gasteiger partial charge on any atom is -0.305 e. The number of nitrogens with zero attached hydrogens (tertiary/aromatic N) is 2. The molecule has 1 amide bonds. The van der Waals surface area contributed by atoms with Crippen LogP contribution in [-0.2, 0) is 7.05 Å². The first-order valence-corrected chi connectivity index (χ1v) is 4.72. The molecule has 2 aromatic rings. The summed E-state index contributed by atoms with van der Waals surface area (Å²) in [5, 5.41) is 6.56. The van der Waals surface area contributed by atoms with Gasteiger partial charge in [-0.25, -0.2) is 4.39 Å². The third-order valence-corrected chi connectivity index (χ3v) is 2.04. The van der Waals surface area contributed by atoms with E-state index in [4.69, 9.17) is 0 Å². The number of carbonyl (C=O) groups is 1. The van der Waals surface area contributed by atoms with E-state index in [1.807, 2.05) is 0 Å². The number of aromatic nitrogens is 2. The first-order chi connectivity index (χ1) is 7.65. The first-order valence-electron chi connectivity index (χ1n) is 4.72. The van der Waals surface area contributed by atoms with Crippen LogP contribution in [0.1, 0.15) is 10.4 Å². The van der Waals surface area contributed by atoms with Crippen LogP contribution in [0.25, 0.3) is 0 Å². The van der Waals surface area contributed by atoms with Gasteiger partial charge in [-0.3, -0.25) is 9.48 Å². The molecule has 0 bridgehead atoms. The highest BCUT2D eigenvalue weighted by Gasteiger charge is 2.07. The minimum atomic E-state index is -0.436. The molecule has 1 aromatic carbocycles. The van der Waals surface area contributed by atoms with Gasteiger partial charge in [0.2, 0.25) is 0 Å². The Morgan fingerprint density at radius 3 is 2.88 bits per heavy atom. The Labute approximate surface area is 91.7 Å². The Morgan fingerprint density at radius 2 is 2.25 bits per heavy atom. The molecule has 0 unspecified atom stereocenters. The number of carbonyl (C=O) groups excluding carboxylic acids is 1. The Kier molecular flexibility index (Phi) is 2.68. The summed E-state index contributed by atoms with van der Waals surface area (Å²) in [5.41, 5.74) is 0.269. The van der Waals surface area contributed by atoms with E-state index in [9.17, 15) is 9.18 Å². The van der Waals surface area contributed by atoms with Crippen molar-refractivity contribution in [1.82, 2.24) is 9.78 Å². The lowest BCUT2D eigenvalue weighted by Gasteiger charge is -2.01. The van der Waals surface area contributed by atoms with Gasteiger partial charge in [-0.1, -0.05) is 6.07 Å². The lowest BCUT2D eigenvalue weighted by molar-refractivity contribution is 0.102. The van der Waals surface area contributed by atoms with E-state index >= 15 is 0 Å². The van der Waals surface area contributed by atoms with Crippen LogP contribution >= 0.6 is 0 Å². The van der Waals surface area contributed by atoms with E-state index in [0.717, 1.165) is 0 Å². The molecule has 1 aromatic heterocycles. The van der Waals surface area contributed by atoms with Gasteiger partial charge in [-0.15, -0.1) is 0 Å². The monoisotopic (exact) mass is 219 g/mol. The highest BCUT2D eigenvalue weighted by atomic mass is 19.1. The summed E-state index contributed by atoms with van der Waals surface area (Å²) in [6.45, 7) is 0. The largest absolute Gasteiger partial charge is 0.305 e. The van der Waals surface area contributed by atoms with Crippen molar-refractivity contribution < 1.29 is 9.18 Å². The highest BCUT2D eigenvalue weighted by Crippen LogP contribution is 2.07. The summed E-state index contributed by atoms with van der Waals surface area (Å²) in [4.78, 5) is 11.6.